The summed E-state index contributed by atoms with van der Waals surface area (Å²) in [5.74, 6) is -0.175. The molecule has 1 aliphatic heterocycles. The minimum atomic E-state index is -0.263. The topological polar surface area (TPSA) is 75.4 Å². The summed E-state index contributed by atoms with van der Waals surface area (Å²) < 4.78 is 0. The molecule has 1 fully saturated rings. The summed E-state index contributed by atoms with van der Waals surface area (Å²) in [5.41, 5.74) is 6.82. The zero-order chi connectivity index (χ0) is 16.1. The number of nitrogens with one attached hydrogen (secondary N) is 1. The third kappa shape index (κ3) is 4.07. The summed E-state index contributed by atoms with van der Waals surface area (Å²) >= 11 is 0. The molecule has 3 atom stereocenters. The number of rotatable bonds is 6. The lowest BCUT2D eigenvalue weighted by molar-refractivity contribution is -0.130. The van der Waals surface area contributed by atoms with Gasteiger partial charge in [-0.2, -0.15) is 0 Å². The van der Waals surface area contributed by atoms with Crippen LogP contribution in [0.4, 0.5) is 0 Å². The lowest BCUT2D eigenvalue weighted by Gasteiger charge is -2.27. The minimum Gasteiger partial charge on any atom is -0.347 e. The summed E-state index contributed by atoms with van der Waals surface area (Å²) in [5, 5.41) is 3.05. The first-order valence-corrected chi connectivity index (χ1v) is 7.87. The average Bonchev–Trinajstić information content (AvgIpc) is 2.91. The van der Waals surface area contributed by atoms with Crippen molar-refractivity contribution in [1.29, 1.82) is 0 Å². The Kier molecular flexibility index (Phi) is 5.55. The smallest absolute Gasteiger partial charge is 0.224 e. The van der Waals surface area contributed by atoms with Crippen LogP contribution in [0.5, 0.6) is 0 Å². The Balaban J connectivity index is 2.11. The van der Waals surface area contributed by atoms with Crippen molar-refractivity contribution in [3.05, 3.63) is 35.9 Å². The van der Waals surface area contributed by atoms with E-state index in [0.717, 1.165) is 18.5 Å². The Morgan fingerprint density at radius 3 is 2.55 bits per heavy atom. The predicted molar refractivity (Wildman–Crippen MR) is 86.0 cm³/mol. The highest BCUT2D eigenvalue weighted by atomic mass is 16.2. The van der Waals surface area contributed by atoms with Gasteiger partial charge in [-0.05, 0) is 18.9 Å². The van der Waals surface area contributed by atoms with Crippen molar-refractivity contribution in [2.24, 2.45) is 11.7 Å². The highest BCUT2D eigenvalue weighted by Crippen LogP contribution is 2.19. The number of nitrogens with zero attached hydrogens (tertiary/aromatic N) is 1. The maximum Gasteiger partial charge on any atom is 0.224 e. The summed E-state index contributed by atoms with van der Waals surface area (Å²) in [6.07, 6.45) is 1.50. The monoisotopic (exact) mass is 303 g/mol. The molecule has 3 N–H and O–H groups in total. The van der Waals surface area contributed by atoms with Gasteiger partial charge in [0.05, 0.1) is 6.04 Å². The fourth-order valence-electron chi connectivity index (χ4n) is 2.58. The molecule has 22 heavy (non-hydrogen) atoms. The van der Waals surface area contributed by atoms with Gasteiger partial charge in [0, 0.05) is 31.5 Å². The van der Waals surface area contributed by atoms with Gasteiger partial charge in [-0.1, -0.05) is 37.3 Å². The van der Waals surface area contributed by atoms with Crippen LogP contribution in [-0.2, 0) is 9.59 Å². The van der Waals surface area contributed by atoms with E-state index < -0.39 is 0 Å². The SMILES string of the molecule is CC(N)C(C)C(=O)NC(CN1CCCC1=O)c1ccccc1. The van der Waals surface area contributed by atoms with E-state index in [9.17, 15) is 9.59 Å². The van der Waals surface area contributed by atoms with Crippen LogP contribution in [0.15, 0.2) is 30.3 Å². The maximum absolute atomic E-state index is 12.3. The van der Waals surface area contributed by atoms with Crippen LogP contribution in [0.1, 0.15) is 38.3 Å². The van der Waals surface area contributed by atoms with Crippen molar-refractivity contribution in [2.75, 3.05) is 13.1 Å². The normalized spacial score (nSPS) is 18.9. The van der Waals surface area contributed by atoms with Crippen LogP contribution in [0.3, 0.4) is 0 Å². The molecular weight excluding hydrogens is 278 g/mol. The van der Waals surface area contributed by atoms with E-state index in [2.05, 4.69) is 5.32 Å². The van der Waals surface area contributed by atoms with E-state index in [1.54, 1.807) is 0 Å². The molecule has 1 aromatic carbocycles. The quantitative estimate of drug-likeness (QED) is 0.835. The number of hydrogen-bond donors (Lipinski definition) is 2. The van der Waals surface area contributed by atoms with Gasteiger partial charge >= 0.3 is 0 Å². The molecule has 2 rings (SSSR count). The number of carbonyl (C=O) groups is 2. The number of nitrogens with two attached hydrogens (primary N) is 1. The number of carbonyl (C=O) groups excluding carboxylic acids is 2. The summed E-state index contributed by atoms with van der Waals surface area (Å²) in [7, 11) is 0. The van der Waals surface area contributed by atoms with E-state index in [-0.39, 0.29) is 29.8 Å². The number of likely N-dealkylation sites (tertiary alicyclic amines) is 1. The van der Waals surface area contributed by atoms with Gasteiger partial charge in [-0.25, -0.2) is 0 Å². The average molecular weight is 303 g/mol. The molecule has 2 amide bonds. The van der Waals surface area contributed by atoms with Crippen LogP contribution >= 0.6 is 0 Å². The minimum absolute atomic E-state index is 0.0736. The van der Waals surface area contributed by atoms with Crippen LogP contribution in [-0.4, -0.2) is 35.8 Å². The Morgan fingerprint density at radius 1 is 1.32 bits per heavy atom. The molecule has 5 nitrogen and oxygen atoms in total. The molecule has 0 radical (unpaired) electrons. The van der Waals surface area contributed by atoms with E-state index >= 15 is 0 Å². The first-order chi connectivity index (χ1) is 10.5. The summed E-state index contributed by atoms with van der Waals surface area (Å²) in [6.45, 7) is 4.93. The summed E-state index contributed by atoms with van der Waals surface area (Å²) in [4.78, 5) is 26.0. The van der Waals surface area contributed by atoms with Crippen LogP contribution in [0, 0.1) is 5.92 Å². The molecule has 0 aromatic heterocycles. The third-order valence-corrected chi connectivity index (χ3v) is 4.30. The third-order valence-electron chi connectivity index (χ3n) is 4.30. The Hall–Kier alpha value is -1.88. The van der Waals surface area contributed by atoms with Crippen LogP contribution in [0.2, 0.25) is 0 Å². The predicted octanol–water partition coefficient (Wildman–Crippen LogP) is 1.45. The molecule has 5 heteroatoms. The maximum atomic E-state index is 12.3. The molecule has 0 spiro atoms. The zero-order valence-electron chi connectivity index (χ0n) is 13.3. The first kappa shape index (κ1) is 16.5. The van der Waals surface area contributed by atoms with Gasteiger partial charge in [-0.15, -0.1) is 0 Å². The second-order valence-electron chi connectivity index (χ2n) is 6.06. The van der Waals surface area contributed by atoms with Gasteiger partial charge in [0.1, 0.15) is 0 Å². The van der Waals surface area contributed by atoms with Gasteiger partial charge in [0.25, 0.3) is 0 Å². The molecule has 1 aromatic rings. The van der Waals surface area contributed by atoms with Crippen molar-refractivity contribution in [1.82, 2.24) is 10.2 Å². The van der Waals surface area contributed by atoms with Crippen molar-refractivity contribution >= 4 is 11.8 Å². The Morgan fingerprint density at radius 2 is 2.00 bits per heavy atom. The fraction of sp³-hybridized carbons (Fsp3) is 0.529. The molecule has 0 saturated carbocycles. The van der Waals surface area contributed by atoms with E-state index in [4.69, 9.17) is 5.73 Å². The fourth-order valence-corrected chi connectivity index (χ4v) is 2.58. The van der Waals surface area contributed by atoms with Crippen molar-refractivity contribution in [3.63, 3.8) is 0 Å². The molecule has 3 unspecified atom stereocenters. The molecule has 1 heterocycles. The Bertz CT molecular complexity index is 516. The van der Waals surface area contributed by atoms with Gasteiger partial charge in [-0.3, -0.25) is 9.59 Å². The first-order valence-electron chi connectivity index (χ1n) is 7.87. The second kappa shape index (κ2) is 7.40. The van der Waals surface area contributed by atoms with Gasteiger partial charge in [0.2, 0.25) is 11.8 Å². The van der Waals surface area contributed by atoms with E-state index in [0.29, 0.717) is 13.0 Å². The standard InChI is InChI=1S/C17H25N3O2/c1-12(13(2)18)17(22)19-15(14-7-4-3-5-8-14)11-20-10-6-9-16(20)21/h3-5,7-8,12-13,15H,6,9-11,18H2,1-2H3,(H,19,22). The van der Waals surface area contributed by atoms with E-state index in [1.165, 1.54) is 0 Å². The van der Waals surface area contributed by atoms with Gasteiger partial charge in [0.15, 0.2) is 0 Å². The summed E-state index contributed by atoms with van der Waals surface area (Å²) in [6, 6.07) is 9.37. The highest BCUT2D eigenvalue weighted by molar-refractivity contribution is 5.80. The number of benzene rings is 1. The zero-order valence-corrected chi connectivity index (χ0v) is 13.3. The Labute approximate surface area is 131 Å². The van der Waals surface area contributed by atoms with Crippen LogP contribution in [0.25, 0.3) is 0 Å². The molecule has 0 aliphatic carbocycles. The number of amides is 2. The van der Waals surface area contributed by atoms with Crippen molar-refractivity contribution in [2.45, 2.75) is 38.8 Å². The molecule has 120 valence electrons. The molecule has 1 aliphatic rings. The second-order valence-corrected chi connectivity index (χ2v) is 6.06. The molecular formula is C17H25N3O2. The lowest BCUT2D eigenvalue weighted by Crippen LogP contribution is -2.44. The van der Waals surface area contributed by atoms with Crippen LogP contribution < -0.4 is 11.1 Å². The lowest BCUT2D eigenvalue weighted by atomic mass is 10.0. The molecule has 1 saturated heterocycles. The largest absolute Gasteiger partial charge is 0.347 e. The van der Waals surface area contributed by atoms with Crippen molar-refractivity contribution in [3.8, 4) is 0 Å². The van der Waals surface area contributed by atoms with Crippen molar-refractivity contribution < 1.29 is 9.59 Å². The highest BCUT2D eigenvalue weighted by Gasteiger charge is 2.27. The van der Waals surface area contributed by atoms with E-state index in [1.807, 2.05) is 49.1 Å². The number of hydrogen-bond acceptors (Lipinski definition) is 3. The van der Waals surface area contributed by atoms with Gasteiger partial charge < -0.3 is 16.0 Å². The molecule has 0 bridgehead atoms.